The van der Waals surface area contributed by atoms with E-state index in [1.807, 2.05) is 12.1 Å². The van der Waals surface area contributed by atoms with Crippen LogP contribution < -0.4 is 14.8 Å². The number of imidazole rings is 1. The fourth-order valence-electron chi connectivity index (χ4n) is 4.56. The molecule has 4 N–H and O–H groups in total. The Bertz CT molecular complexity index is 1150. The highest BCUT2D eigenvalue weighted by molar-refractivity contribution is 5.83. The molecule has 2 aliphatic heterocycles. The lowest BCUT2D eigenvalue weighted by atomic mass is 10.1. The molecule has 162 valence electrons. The van der Waals surface area contributed by atoms with Crippen LogP contribution in [0.5, 0.6) is 11.5 Å². The molecule has 5 unspecified atom stereocenters. The maximum atomic E-state index is 10.4. The van der Waals surface area contributed by atoms with Gasteiger partial charge in [-0.2, -0.15) is 0 Å². The van der Waals surface area contributed by atoms with E-state index in [4.69, 9.17) is 14.2 Å². The number of benzene rings is 1. The monoisotopic (exact) mass is 427 g/mol. The number of aliphatic hydroxyl groups is 3. The van der Waals surface area contributed by atoms with Crippen LogP contribution >= 0.6 is 0 Å². The molecule has 3 aromatic rings. The van der Waals surface area contributed by atoms with Gasteiger partial charge in [0.05, 0.1) is 19.0 Å². The van der Waals surface area contributed by atoms with Gasteiger partial charge in [0.2, 0.25) is 6.79 Å². The maximum absolute atomic E-state index is 10.4. The second-order valence-electron chi connectivity index (χ2n) is 7.92. The van der Waals surface area contributed by atoms with Crippen molar-refractivity contribution in [3.05, 3.63) is 35.9 Å². The Morgan fingerprint density at radius 1 is 1.10 bits per heavy atom. The fraction of sp³-hybridized carbons (Fsp3) is 0.450. The van der Waals surface area contributed by atoms with Crippen molar-refractivity contribution in [1.82, 2.24) is 19.5 Å². The van der Waals surface area contributed by atoms with Gasteiger partial charge in [-0.3, -0.25) is 4.57 Å². The molecular weight excluding hydrogens is 406 g/mol. The van der Waals surface area contributed by atoms with Gasteiger partial charge in [0.25, 0.3) is 0 Å². The van der Waals surface area contributed by atoms with Gasteiger partial charge in [-0.25, -0.2) is 15.0 Å². The number of nitrogens with zero attached hydrogens (tertiary/aromatic N) is 4. The fourth-order valence-corrected chi connectivity index (χ4v) is 4.56. The molecule has 31 heavy (non-hydrogen) atoms. The van der Waals surface area contributed by atoms with Crippen LogP contribution in [0.4, 0.5) is 5.82 Å². The van der Waals surface area contributed by atoms with Crippen LogP contribution in [0.3, 0.4) is 0 Å². The van der Waals surface area contributed by atoms with Crippen molar-refractivity contribution in [1.29, 1.82) is 0 Å². The number of hydrogen-bond acceptors (Lipinski definition) is 10. The predicted molar refractivity (Wildman–Crippen MR) is 106 cm³/mol. The minimum Gasteiger partial charge on any atom is -0.454 e. The molecule has 2 aromatic heterocycles. The van der Waals surface area contributed by atoms with Crippen LogP contribution in [0, 0.1) is 0 Å². The summed E-state index contributed by atoms with van der Waals surface area (Å²) < 4.78 is 18.2. The van der Waals surface area contributed by atoms with E-state index in [9.17, 15) is 15.3 Å². The standard InChI is InChI=1S/C20H21N5O6/c26-5-14-16(27)17(28)20(31-14)25-7-23-15-18(21-6-22-19(15)25)24-11-2-1-9-3-12-13(4-10(9)11)30-8-29-12/h3-4,6-7,11,14,16-17,20,26-28H,1-2,5,8H2,(H,21,22,24). The molecule has 11 heteroatoms. The van der Waals surface area contributed by atoms with Crippen molar-refractivity contribution in [2.45, 2.75) is 43.4 Å². The highest BCUT2D eigenvalue weighted by Crippen LogP contribution is 2.43. The number of aromatic nitrogens is 4. The number of aliphatic hydroxyl groups excluding tert-OH is 3. The Hall–Kier alpha value is -2.99. The summed E-state index contributed by atoms with van der Waals surface area (Å²) in [4.78, 5) is 13.1. The van der Waals surface area contributed by atoms with Gasteiger partial charge in [0.1, 0.15) is 24.6 Å². The van der Waals surface area contributed by atoms with Crippen molar-refractivity contribution >= 4 is 17.0 Å². The summed E-state index contributed by atoms with van der Waals surface area (Å²) in [6.07, 6.45) is 0.507. The summed E-state index contributed by atoms with van der Waals surface area (Å²) in [5.41, 5.74) is 3.33. The van der Waals surface area contributed by atoms with Gasteiger partial charge in [-0.05, 0) is 36.1 Å². The Morgan fingerprint density at radius 2 is 1.94 bits per heavy atom. The first-order valence-corrected chi connectivity index (χ1v) is 10.1. The summed E-state index contributed by atoms with van der Waals surface area (Å²) in [7, 11) is 0. The van der Waals surface area contributed by atoms with Gasteiger partial charge in [0.15, 0.2) is 34.7 Å². The Kier molecular flexibility index (Phi) is 4.25. The first-order valence-electron chi connectivity index (χ1n) is 10.1. The highest BCUT2D eigenvalue weighted by atomic mass is 16.7. The van der Waals surface area contributed by atoms with Gasteiger partial charge < -0.3 is 34.8 Å². The van der Waals surface area contributed by atoms with Crippen LogP contribution in [-0.4, -0.2) is 66.6 Å². The first-order chi connectivity index (χ1) is 15.1. The van der Waals surface area contributed by atoms with E-state index in [1.165, 1.54) is 18.2 Å². The molecule has 0 radical (unpaired) electrons. The lowest BCUT2D eigenvalue weighted by Crippen LogP contribution is -2.33. The number of aryl methyl sites for hydroxylation is 1. The van der Waals surface area contributed by atoms with E-state index < -0.39 is 31.1 Å². The zero-order valence-electron chi connectivity index (χ0n) is 16.4. The average molecular weight is 427 g/mol. The number of hydrogen-bond donors (Lipinski definition) is 4. The summed E-state index contributed by atoms with van der Waals surface area (Å²) >= 11 is 0. The summed E-state index contributed by atoms with van der Waals surface area (Å²) in [6.45, 7) is -0.163. The maximum Gasteiger partial charge on any atom is 0.231 e. The van der Waals surface area contributed by atoms with Crippen molar-refractivity contribution in [2.24, 2.45) is 0 Å². The molecule has 3 aliphatic rings. The Labute approximate surface area is 176 Å². The summed E-state index contributed by atoms with van der Waals surface area (Å²) in [5, 5.41) is 33.2. The van der Waals surface area contributed by atoms with Crippen LogP contribution in [0.1, 0.15) is 29.8 Å². The molecule has 4 heterocycles. The third kappa shape index (κ3) is 2.85. The van der Waals surface area contributed by atoms with E-state index >= 15 is 0 Å². The van der Waals surface area contributed by atoms with Crippen LogP contribution in [0.15, 0.2) is 24.8 Å². The van der Waals surface area contributed by atoms with Crippen LogP contribution in [0.25, 0.3) is 11.2 Å². The average Bonchev–Trinajstić information content (AvgIpc) is 3.55. The van der Waals surface area contributed by atoms with E-state index in [2.05, 4.69) is 20.3 Å². The van der Waals surface area contributed by atoms with Gasteiger partial charge in [-0.15, -0.1) is 0 Å². The molecule has 1 fully saturated rings. The first kappa shape index (κ1) is 18.8. The summed E-state index contributed by atoms with van der Waals surface area (Å²) in [5.74, 6) is 2.08. The molecular formula is C20H21N5O6. The van der Waals surface area contributed by atoms with E-state index in [-0.39, 0.29) is 12.8 Å². The molecule has 0 amide bonds. The van der Waals surface area contributed by atoms with Crippen LogP contribution in [-0.2, 0) is 11.2 Å². The highest BCUT2D eigenvalue weighted by Gasteiger charge is 2.44. The minimum absolute atomic E-state index is 0.0293. The van der Waals surface area contributed by atoms with Crippen molar-refractivity contribution < 1.29 is 29.5 Å². The van der Waals surface area contributed by atoms with E-state index in [1.54, 1.807) is 4.57 Å². The van der Waals surface area contributed by atoms with Crippen molar-refractivity contribution in [3.63, 3.8) is 0 Å². The van der Waals surface area contributed by atoms with Gasteiger partial charge >= 0.3 is 0 Å². The van der Waals surface area contributed by atoms with Crippen molar-refractivity contribution in [3.8, 4) is 11.5 Å². The Morgan fingerprint density at radius 3 is 2.74 bits per heavy atom. The zero-order chi connectivity index (χ0) is 21.1. The topological polar surface area (TPSA) is 144 Å². The quantitative estimate of drug-likeness (QED) is 0.458. The largest absolute Gasteiger partial charge is 0.454 e. The number of nitrogens with one attached hydrogen (secondary N) is 1. The van der Waals surface area contributed by atoms with E-state index in [0.29, 0.717) is 17.0 Å². The zero-order valence-corrected chi connectivity index (χ0v) is 16.4. The molecule has 1 saturated heterocycles. The number of fused-ring (bicyclic) bond motifs is 3. The van der Waals surface area contributed by atoms with Gasteiger partial charge in [-0.1, -0.05) is 0 Å². The number of rotatable bonds is 4. The van der Waals surface area contributed by atoms with E-state index in [0.717, 1.165) is 29.9 Å². The smallest absolute Gasteiger partial charge is 0.231 e. The number of ether oxygens (including phenoxy) is 3. The normalized spacial score (nSPS) is 28.9. The molecule has 6 rings (SSSR count). The second kappa shape index (κ2) is 7.02. The lowest BCUT2D eigenvalue weighted by Gasteiger charge is -2.17. The third-order valence-corrected chi connectivity index (χ3v) is 6.17. The van der Waals surface area contributed by atoms with Gasteiger partial charge in [0, 0.05) is 0 Å². The predicted octanol–water partition coefficient (Wildman–Crippen LogP) is 0.266. The molecule has 11 nitrogen and oxygen atoms in total. The lowest BCUT2D eigenvalue weighted by molar-refractivity contribution is -0.0511. The number of anilines is 1. The third-order valence-electron chi connectivity index (χ3n) is 6.17. The minimum atomic E-state index is -1.22. The molecule has 0 spiro atoms. The molecule has 1 aromatic carbocycles. The Balaban J connectivity index is 1.32. The van der Waals surface area contributed by atoms with Crippen molar-refractivity contribution in [2.75, 3.05) is 18.7 Å². The molecule has 0 bridgehead atoms. The van der Waals surface area contributed by atoms with Crippen LogP contribution in [0.2, 0.25) is 0 Å². The molecule has 5 atom stereocenters. The summed E-state index contributed by atoms with van der Waals surface area (Å²) in [6, 6.07) is 4.07. The second-order valence-corrected chi connectivity index (χ2v) is 7.92. The molecule has 0 saturated carbocycles. The molecule has 1 aliphatic carbocycles. The SMILES string of the molecule is OCC1OC(n2cnc3c(NC4CCc5cc6c(cc54)OCO6)ncnc32)C(O)C1O.